The number of aromatic nitrogens is 1. The third-order valence-corrected chi connectivity index (χ3v) is 4.89. The summed E-state index contributed by atoms with van der Waals surface area (Å²) in [4.78, 5) is 16.8. The fourth-order valence-electron chi connectivity index (χ4n) is 2.75. The van der Waals surface area contributed by atoms with E-state index in [0.717, 1.165) is 0 Å². The minimum Gasteiger partial charge on any atom is -0.481 e. The molecular weight excluding hydrogens is 222 g/mol. The minimum atomic E-state index is -0.662. The molecule has 2 aliphatic rings. The summed E-state index contributed by atoms with van der Waals surface area (Å²) in [5.41, 5.74) is 2.96. The molecule has 2 fully saturated rings. The van der Waals surface area contributed by atoms with Gasteiger partial charge in [-0.2, -0.15) is 0 Å². The Morgan fingerprint density at radius 1 is 1.56 bits per heavy atom. The van der Waals surface area contributed by atoms with Gasteiger partial charge in [0.25, 0.3) is 0 Å². The van der Waals surface area contributed by atoms with Gasteiger partial charge in [0.2, 0.25) is 0 Å². The van der Waals surface area contributed by atoms with Crippen LogP contribution in [0.25, 0.3) is 0 Å². The van der Waals surface area contributed by atoms with Crippen LogP contribution >= 0.6 is 11.3 Å². The first-order valence-electron chi connectivity index (χ1n) is 5.69. The number of nitrogens with zero attached hydrogens (tertiary/aromatic N) is 1. The number of carbonyl (C=O) groups is 1. The molecule has 86 valence electrons. The third-order valence-electron chi connectivity index (χ3n) is 3.96. The predicted molar refractivity (Wildman–Crippen MR) is 61.7 cm³/mol. The number of carboxylic acid groups (broad SMARTS) is 1. The zero-order valence-electron chi connectivity index (χ0n) is 9.43. The summed E-state index contributed by atoms with van der Waals surface area (Å²) in [6.45, 7) is 4.10. The molecule has 0 aliphatic heterocycles. The van der Waals surface area contributed by atoms with Crippen molar-refractivity contribution in [1.82, 2.24) is 4.98 Å². The smallest absolute Gasteiger partial charge is 0.307 e. The molecule has 0 saturated heterocycles. The minimum absolute atomic E-state index is 0.0952. The Hall–Kier alpha value is -0.900. The second kappa shape index (κ2) is 3.06. The van der Waals surface area contributed by atoms with E-state index in [1.54, 1.807) is 11.3 Å². The number of hydrogen-bond donors (Lipinski definition) is 1. The normalized spacial score (nSPS) is 31.4. The highest BCUT2D eigenvalue weighted by Crippen LogP contribution is 2.66. The van der Waals surface area contributed by atoms with E-state index in [2.05, 4.69) is 4.98 Å². The largest absolute Gasteiger partial charge is 0.481 e. The molecule has 1 aromatic heterocycles. The maximum absolute atomic E-state index is 11.2. The van der Waals surface area contributed by atoms with Gasteiger partial charge in [0, 0.05) is 16.7 Å². The molecule has 3 nitrogen and oxygen atoms in total. The summed E-state index contributed by atoms with van der Waals surface area (Å²) >= 11 is 1.64. The van der Waals surface area contributed by atoms with Crippen molar-refractivity contribution in [3.63, 3.8) is 0 Å². The summed E-state index contributed by atoms with van der Waals surface area (Å²) in [5.74, 6) is -0.0733. The molecule has 0 spiro atoms. The Balaban J connectivity index is 1.93. The topological polar surface area (TPSA) is 50.2 Å². The van der Waals surface area contributed by atoms with Gasteiger partial charge in [-0.05, 0) is 18.3 Å². The Bertz CT molecular complexity index is 448. The molecule has 0 radical (unpaired) electrons. The summed E-state index contributed by atoms with van der Waals surface area (Å²) < 4.78 is 0. The molecule has 4 heteroatoms. The van der Waals surface area contributed by atoms with Gasteiger partial charge in [0.15, 0.2) is 0 Å². The molecule has 0 unspecified atom stereocenters. The number of aliphatic carboxylic acids is 1. The van der Waals surface area contributed by atoms with Gasteiger partial charge in [-0.1, -0.05) is 13.8 Å². The molecule has 1 N–H and O–H groups in total. The van der Waals surface area contributed by atoms with Gasteiger partial charge < -0.3 is 5.11 Å². The van der Waals surface area contributed by atoms with E-state index in [-0.39, 0.29) is 17.3 Å². The second-order valence-corrected chi connectivity index (χ2v) is 6.38. The van der Waals surface area contributed by atoms with Crippen LogP contribution in [0.1, 0.15) is 49.1 Å². The molecule has 16 heavy (non-hydrogen) atoms. The molecule has 2 aliphatic carbocycles. The summed E-state index contributed by atoms with van der Waals surface area (Å²) in [6.07, 6.45) is 2.45. The van der Waals surface area contributed by atoms with Crippen LogP contribution in [0.4, 0.5) is 0 Å². The van der Waals surface area contributed by atoms with Crippen molar-refractivity contribution in [2.75, 3.05) is 0 Å². The van der Waals surface area contributed by atoms with Gasteiger partial charge in [-0.15, -0.1) is 11.3 Å². The number of hydrogen-bond acceptors (Lipinski definition) is 3. The summed E-state index contributed by atoms with van der Waals surface area (Å²) in [6, 6.07) is 0. The van der Waals surface area contributed by atoms with Crippen LogP contribution < -0.4 is 0 Å². The van der Waals surface area contributed by atoms with Crippen molar-refractivity contribution in [2.24, 2.45) is 11.3 Å². The molecular formula is C12H15NO2S. The second-order valence-electron chi connectivity index (χ2n) is 5.49. The summed E-state index contributed by atoms with van der Waals surface area (Å²) in [7, 11) is 0. The standard InChI is InChI=1S/C12H15NO2S/c1-12(2)7(8(12)11(14)15)10-9(6-3-4-6)13-5-16-10/h5-8H,3-4H2,1-2H3,(H,14,15)/t7-,8-/m0/s1. The Morgan fingerprint density at radius 2 is 2.25 bits per heavy atom. The highest BCUT2D eigenvalue weighted by molar-refractivity contribution is 7.09. The molecule has 1 heterocycles. The van der Waals surface area contributed by atoms with E-state index in [9.17, 15) is 9.90 Å². The molecule has 1 aromatic rings. The van der Waals surface area contributed by atoms with E-state index >= 15 is 0 Å². The van der Waals surface area contributed by atoms with Crippen LogP contribution in [0, 0.1) is 11.3 Å². The first-order chi connectivity index (χ1) is 7.53. The van der Waals surface area contributed by atoms with Crippen molar-refractivity contribution in [2.45, 2.75) is 38.5 Å². The van der Waals surface area contributed by atoms with Gasteiger partial charge >= 0.3 is 5.97 Å². The Morgan fingerprint density at radius 3 is 2.75 bits per heavy atom. The number of rotatable bonds is 3. The monoisotopic (exact) mass is 237 g/mol. The lowest BCUT2D eigenvalue weighted by Crippen LogP contribution is -2.03. The van der Waals surface area contributed by atoms with E-state index in [1.807, 2.05) is 19.4 Å². The van der Waals surface area contributed by atoms with Crippen LogP contribution in [0.2, 0.25) is 0 Å². The SMILES string of the molecule is CC1(C)[C@H](C(=O)O)[C@H]1c1scnc1C1CC1. The van der Waals surface area contributed by atoms with E-state index < -0.39 is 5.97 Å². The average molecular weight is 237 g/mol. The lowest BCUT2D eigenvalue weighted by Gasteiger charge is -2.01. The summed E-state index contributed by atoms with van der Waals surface area (Å²) in [5, 5.41) is 9.19. The van der Waals surface area contributed by atoms with Gasteiger partial charge in [0.05, 0.1) is 17.1 Å². The highest BCUT2D eigenvalue weighted by atomic mass is 32.1. The van der Waals surface area contributed by atoms with Crippen molar-refractivity contribution in [3.05, 3.63) is 16.1 Å². The number of carboxylic acids is 1. The third kappa shape index (κ3) is 1.32. The quantitative estimate of drug-likeness (QED) is 0.879. The highest BCUT2D eigenvalue weighted by Gasteiger charge is 2.64. The molecule has 2 saturated carbocycles. The van der Waals surface area contributed by atoms with Gasteiger partial charge in [-0.3, -0.25) is 4.79 Å². The van der Waals surface area contributed by atoms with E-state index in [4.69, 9.17) is 0 Å². The Kier molecular flexibility index (Phi) is 1.97. The van der Waals surface area contributed by atoms with E-state index in [0.29, 0.717) is 5.92 Å². The Labute approximate surface area is 98.5 Å². The van der Waals surface area contributed by atoms with Gasteiger partial charge in [0.1, 0.15) is 0 Å². The maximum atomic E-state index is 11.2. The molecule has 0 amide bonds. The first kappa shape index (κ1) is 10.3. The zero-order valence-corrected chi connectivity index (χ0v) is 10.3. The first-order valence-corrected chi connectivity index (χ1v) is 6.57. The van der Waals surface area contributed by atoms with Crippen LogP contribution in [0.3, 0.4) is 0 Å². The lowest BCUT2D eigenvalue weighted by molar-refractivity contribution is -0.139. The van der Waals surface area contributed by atoms with Crippen LogP contribution in [-0.2, 0) is 4.79 Å². The van der Waals surface area contributed by atoms with Crippen molar-refractivity contribution >= 4 is 17.3 Å². The van der Waals surface area contributed by atoms with E-state index in [1.165, 1.54) is 23.4 Å². The zero-order chi connectivity index (χ0) is 11.5. The number of thiazole rings is 1. The van der Waals surface area contributed by atoms with Crippen LogP contribution in [0.5, 0.6) is 0 Å². The molecule has 0 aromatic carbocycles. The maximum Gasteiger partial charge on any atom is 0.307 e. The molecule has 3 rings (SSSR count). The fourth-order valence-corrected chi connectivity index (χ4v) is 3.95. The van der Waals surface area contributed by atoms with Crippen molar-refractivity contribution in [1.29, 1.82) is 0 Å². The lowest BCUT2D eigenvalue weighted by atomic mass is 10.1. The predicted octanol–water partition coefficient (Wildman–Crippen LogP) is 2.84. The average Bonchev–Trinajstić information content (AvgIpc) is 3.06. The molecule has 0 bridgehead atoms. The van der Waals surface area contributed by atoms with Crippen molar-refractivity contribution < 1.29 is 9.90 Å². The van der Waals surface area contributed by atoms with Crippen LogP contribution in [-0.4, -0.2) is 16.1 Å². The van der Waals surface area contributed by atoms with Crippen LogP contribution in [0.15, 0.2) is 5.51 Å². The fraction of sp³-hybridized carbons (Fsp3) is 0.667. The van der Waals surface area contributed by atoms with Gasteiger partial charge in [-0.25, -0.2) is 4.98 Å². The van der Waals surface area contributed by atoms with Crippen molar-refractivity contribution in [3.8, 4) is 0 Å². The molecule has 2 atom stereocenters.